The van der Waals surface area contributed by atoms with Crippen LogP contribution in [0.1, 0.15) is 37.4 Å². The molecular weight excluding hydrogens is 307 g/mol. The zero-order valence-electron chi connectivity index (χ0n) is 12.9. The van der Waals surface area contributed by atoms with E-state index >= 15 is 0 Å². The summed E-state index contributed by atoms with van der Waals surface area (Å²) >= 11 is 0. The molecule has 0 bridgehead atoms. The van der Waals surface area contributed by atoms with Crippen LogP contribution >= 0.6 is 0 Å². The number of ketones is 2. The molecule has 0 heterocycles. The summed E-state index contributed by atoms with van der Waals surface area (Å²) in [7, 11) is 1.57. The lowest BCUT2D eigenvalue weighted by Gasteiger charge is -2.20. The van der Waals surface area contributed by atoms with Crippen LogP contribution in [0, 0.1) is 0 Å². The minimum Gasteiger partial charge on any atom is -0.497 e. The van der Waals surface area contributed by atoms with Crippen molar-refractivity contribution in [2.24, 2.45) is 0 Å². The molecule has 3 aromatic carbocycles. The average Bonchev–Trinajstić information content (AvgIpc) is 2.63. The van der Waals surface area contributed by atoms with Crippen molar-refractivity contribution < 1.29 is 18.7 Å². The summed E-state index contributed by atoms with van der Waals surface area (Å²) in [5.74, 6) is 0.127. The number of hydrogen-bond donors (Lipinski definition) is 0. The first-order valence-electron chi connectivity index (χ1n) is 7.53. The molecule has 3 aromatic rings. The zero-order chi connectivity index (χ0) is 16.8. The van der Waals surface area contributed by atoms with Gasteiger partial charge in [-0.15, -0.1) is 0 Å². The maximum atomic E-state index is 13.2. The lowest BCUT2D eigenvalue weighted by Crippen LogP contribution is -2.22. The quantitative estimate of drug-likeness (QED) is 0.558. The summed E-state index contributed by atoms with van der Waals surface area (Å²) < 4.78 is 18.5. The van der Waals surface area contributed by atoms with Crippen molar-refractivity contribution in [3.63, 3.8) is 0 Å². The molecule has 0 saturated carbocycles. The van der Waals surface area contributed by atoms with Gasteiger partial charge in [-0.1, -0.05) is 24.3 Å². The first-order valence-corrected chi connectivity index (χ1v) is 7.53. The Morgan fingerprint density at radius 2 is 1.62 bits per heavy atom. The summed E-state index contributed by atoms with van der Waals surface area (Å²) in [6, 6.07) is 13.6. The first-order chi connectivity index (χ1) is 11.6. The van der Waals surface area contributed by atoms with Crippen LogP contribution in [-0.2, 0) is 6.67 Å². The molecule has 118 valence electrons. The molecule has 0 spiro atoms. The predicted octanol–water partition coefficient (Wildman–Crippen LogP) is 4.09. The molecule has 1 aliphatic rings. The van der Waals surface area contributed by atoms with E-state index in [4.69, 9.17) is 4.74 Å². The summed E-state index contributed by atoms with van der Waals surface area (Å²) in [4.78, 5) is 25.7. The second kappa shape index (κ2) is 5.27. The fourth-order valence-electron chi connectivity index (χ4n) is 3.23. The van der Waals surface area contributed by atoms with Crippen molar-refractivity contribution in [3.8, 4) is 5.75 Å². The Bertz CT molecular complexity index is 1020. The molecule has 3 nitrogen and oxygen atoms in total. The number of alkyl halides is 1. The van der Waals surface area contributed by atoms with Gasteiger partial charge in [-0.05, 0) is 40.6 Å². The summed E-state index contributed by atoms with van der Waals surface area (Å²) in [6.07, 6.45) is 0. The van der Waals surface area contributed by atoms with Gasteiger partial charge in [0.1, 0.15) is 12.4 Å². The molecule has 4 heteroatoms. The van der Waals surface area contributed by atoms with E-state index in [2.05, 4.69) is 0 Å². The predicted molar refractivity (Wildman–Crippen MR) is 88.6 cm³/mol. The van der Waals surface area contributed by atoms with Gasteiger partial charge >= 0.3 is 0 Å². The molecule has 0 saturated heterocycles. The molecule has 0 fully saturated rings. The van der Waals surface area contributed by atoms with Crippen LogP contribution in [0.2, 0.25) is 0 Å². The number of methoxy groups -OCH3 is 1. The highest BCUT2D eigenvalue weighted by Crippen LogP contribution is 2.33. The van der Waals surface area contributed by atoms with Gasteiger partial charge in [0, 0.05) is 22.3 Å². The Hall–Kier alpha value is -3.01. The van der Waals surface area contributed by atoms with E-state index in [9.17, 15) is 14.0 Å². The summed E-state index contributed by atoms with van der Waals surface area (Å²) in [5, 5.41) is 1.65. The average molecular weight is 320 g/mol. The van der Waals surface area contributed by atoms with Crippen LogP contribution in [0.4, 0.5) is 4.39 Å². The van der Waals surface area contributed by atoms with Crippen LogP contribution in [0.3, 0.4) is 0 Å². The monoisotopic (exact) mass is 320 g/mol. The first kappa shape index (κ1) is 14.6. The number of ether oxygens (including phenoxy) is 1. The third kappa shape index (κ3) is 1.96. The molecule has 24 heavy (non-hydrogen) atoms. The number of benzene rings is 3. The highest BCUT2D eigenvalue weighted by Gasteiger charge is 2.31. The van der Waals surface area contributed by atoms with E-state index in [0.717, 1.165) is 10.8 Å². The lowest BCUT2D eigenvalue weighted by molar-refractivity contribution is 0.0978. The minimum absolute atomic E-state index is 0.186. The van der Waals surface area contributed by atoms with E-state index in [1.807, 2.05) is 12.1 Å². The van der Waals surface area contributed by atoms with Crippen molar-refractivity contribution in [3.05, 3.63) is 76.3 Å². The van der Waals surface area contributed by atoms with E-state index in [1.54, 1.807) is 43.5 Å². The Kier molecular flexibility index (Phi) is 3.20. The van der Waals surface area contributed by atoms with Gasteiger partial charge in [0.2, 0.25) is 0 Å². The molecule has 0 aromatic heterocycles. The second-order valence-corrected chi connectivity index (χ2v) is 5.74. The molecule has 0 aliphatic heterocycles. The van der Waals surface area contributed by atoms with Gasteiger partial charge in [0.15, 0.2) is 11.6 Å². The van der Waals surface area contributed by atoms with Gasteiger partial charge in [-0.2, -0.15) is 0 Å². The second-order valence-electron chi connectivity index (χ2n) is 5.74. The largest absolute Gasteiger partial charge is 0.497 e. The molecular formula is C20H13FO3. The van der Waals surface area contributed by atoms with E-state index in [-0.39, 0.29) is 28.3 Å². The van der Waals surface area contributed by atoms with Crippen LogP contribution in [-0.4, -0.2) is 18.7 Å². The molecule has 1 aliphatic carbocycles. The van der Waals surface area contributed by atoms with Gasteiger partial charge in [-0.3, -0.25) is 9.59 Å². The van der Waals surface area contributed by atoms with Crippen molar-refractivity contribution in [1.82, 2.24) is 0 Å². The Balaban J connectivity index is 2.00. The SMILES string of the molecule is COc1ccc2cc3c(cc2c1)C(=O)c1cccc(CF)c1C3=O. The normalized spacial score (nSPS) is 12.9. The number of fused-ring (bicyclic) bond motifs is 3. The minimum atomic E-state index is -0.775. The lowest BCUT2D eigenvalue weighted by atomic mass is 9.81. The topological polar surface area (TPSA) is 43.4 Å². The number of rotatable bonds is 2. The molecule has 4 rings (SSSR count). The van der Waals surface area contributed by atoms with E-state index in [0.29, 0.717) is 16.9 Å². The van der Waals surface area contributed by atoms with E-state index in [1.165, 1.54) is 0 Å². The van der Waals surface area contributed by atoms with Crippen LogP contribution in [0.5, 0.6) is 5.75 Å². The third-order valence-corrected chi connectivity index (χ3v) is 4.44. The number of carbonyl (C=O) groups excluding carboxylic acids is 2. The van der Waals surface area contributed by atoms with Crippen molar-refractivity contribution in [1.29, 1.82) is 0 Å². The molecule has 0 N–H and O–H groups in total. The number of halogens is 1. The standard InChI is InChI=1S/C20H13FO3/c1-24-14-6-5-11-8-17-16(9-13(11)7-14)19(22)15-4-2-3-12(10-21)18(15)20(17)23/h2-9H,10H2,1H3. The van der Waals surface area contributed by atoms with Crippen molar-refractivity contribution >= 4 is 22.3 Å². The molecule has 0 atom stereocenters. The van der Waals surface area contributed by atoms with Gasteiger partial charge in [-0.25, -0.2) is 4.39 Å². The number of hydrogen-bond acceptors (Lipinski definition) is 3. The Morgan fingerprint density at radius 1 is 0.875 bits per heavy atom. The smallest absolute Gasteiger partial charge is 0.194 e. The van der Waals surface area contributed by atoms with Crippen LogP contribution in [0.25, 0.3) is 10.8 Å². The van der Waals surface area contributed by atoms with E-state index < -0.39 is 6.67 Å². The maximum absolute atomic E-state index is 13.2. The third-order valence-electron chi connectivity index (χ3n) is 4.44. The molecule has 0 amide bonds. The van der Waals surface area contributed by atoms with Gasteiger partial charge in [0.05, 0.1) is 7.11 Å². The van der Waals surface area contributed by atoms with Crippen molar-refractivity contribution in [2.75, 3.05) is 7.11 Å². The Morgan fingerprint density at radius 3 is 2.38 bits per heavy atom. The highest BCUT2D eigenvalue weighted by atomic mass is 19.1. The fourth-order valence-corrected chi connectivity index (χ4v) is 3.23. The molecule has 0 radical (unpaired) electrons. The zero-order valence-corrected chi connectivity index (χ0v) is 12.9. The van der Waals surface area contributed by atoms with Gasteiger partial charge < -0.3 is 4.74 Å². The van der Waals surface area contributed by atoms with Crippen LogP contribution in [0.15, 0.2) is 48.5 Å². The maximum Gasteiger partial charge on any atom is 0.194 e. The fraction of sp³-hybridized carbons (Fsp3) is 0.100. The van der Waals surface area contributed by atoms with Crippen molar-refractivity contribution in [2.45, 2.75) is 6.67 Å². The number of carbonyl (C=O) groups is 2. The summed E-state index contributed by atoms with van der Waals surface area (Å²) in [5.41, 5.74) is 1.39. The van der Waals surface area contributed by atoms with Gasteiger partial charge in [0.25, 0.3) is 0 Å². The summed E-state index contributed by atoms with van der Waals surface area (Å²) in [6.45, 7) is -0.775. The Labute approximate surface area is 137 Å². The highest BCUT2D eigenvalue weighted by molar-refractivity contribution is 6.30. The van der Waals surface area contributed by atoms with Crippen LogP contribution < -0.4 is 4.74 Å². The molecule has 0 unspecified atom stereocenters.